The van der Waals surface area contributed by atoms with Gasteiger partial charge in [-0.15, -0.1) is 11.3 Å². The Hall–Kier alpha value is -0.900. The molecule has 1 aromatic heterocycles. The molecule has 21 heavy (non-hydrogen) atoms. The van der Waals surface area contributed by atoms with Crippen molar-refractivity contribution < 1.29 is 4.39 Å². The second-order valence-corrected chi connectivity index (χ2v) is 7.64. The van der Waals surface area contributed by atoms with Gasteiger partial charge in [0.05, 0.1) is 11.1 Å². The van der Waals surface area contributed by atoms with Crippen molar-refractivity contribution in [3.63, 3.8) is 0 Å². The Morgan fingerprint density at radius 2 is 1.95 bits per heavy atom. The highest BCUT2D eigenvalue weighted by Crippen LogP contribution is 2.35. The van der Waals surface area contributed by atoms with Gasteiger partial charge in [-0.05, 0) is 41.8 Å². The van der Waals surface area contributed by atoms with E-state index >= 15 is 0 Å². The largest absolute Gasteiger partial charge is 0.306 e. The number of rotatable bonds is 4. The minimum absolute atomic E-state index is 0.00265. The predicted octanol–water partition coefficient (Wildman–Crippen LogP) is 5.54. The molecule has 0 amide bonds. The summed E-state index contributed by atoms with van der Waals surface area (Å²) in [6.45, 7) is 9.47. The van der Waals surface area contributed by atoms with Gasteiger partial charge in [-0.3, -0.25) is 0 Å². The minimum atomic E-state index is -0.371. The lowest BCUT2D eigenvalue weighted by molar-refractivity contribution is 0.603. The molecule has 1 aromatic carbocycles. The molecule has 0 fully saturated rings. The van der Waals surface area contributed by atoms with Crippen molar-refractivity contribution in [1.29, 1.82) is 0 Å². The molecule has 0 aliphatic heterocycles. The van der Waals surface area contributed by atoms with Gasteiger partial charge < -0.3 is 5.32 Å². The van der Waals surface area contributed by atoms with E-state index in [4.69, 9.17) is 11.6 Å². The van der Waals surface area contributed by atoms with Crippen LogP contribution in [-0.4, -0.2) is 6.54 Å². The highest BCUT2D eigenvalue weighted by Gasteiger charge is 2.21. The van der Waals surface area contributed by atoms with E-state index in [-0.39, 0.29) is 22.3 Å². The third-order valence-corrected chi connectivity index (χ3v) is 5.22. The zero-order valence-corrected chi connectivity index (χ0v) is 14.4. The van der Waals surface area contributed by atoms with E-state index in [1.807, 2.05) is 6.07 Å². The lowest BCUT2D eigenvalue weighted by atomic mass is 9.95. The second kappa shape index (κ2) is 6.47. The van der Waals surface area contributed by atoms with E-state index in [9.17, 15) is 4.39 Å². The van der Waals surface area contributed by atoms with E-state index in [1.54, 1.807) is 17.4 Å². The highest BCUT2D eigenvalue weighted by molar-refractivity contribution is 7.12. The molecule has 1 heterocycles. The summed E-state index contributed by atoms with van der Waals surface area (Å²) in [5.41, 5.74) is 1.03. The van der Waals surface area contributed by atoms with E-state index in [0.29, 0.717) is 0 Å². The molecule has 0 aliphatic carbocycles. The second-order valence-electron chi connectivity index (χ2n) is 6.12. The van der Waals surface area contributed by atoms with Crippen LogP contribution in [0.1, 0.15) is 49.1 Å². The molecule has 0 radical (unpaired) electrons. The molecular weight excluding hydrogens is 305 g/mol. The van der Waals surface area contributed by atoms with Gasteiger partial charge >= 0.3 is 0 Å². The van der Waals surface area contributed by atoms with Gasteiger partial charge in [0, 0.05) is 9.75 Å². The number of hydrogen-bond acceptors (Lipinski definition) is 2. The van der Waals surface area contributed by atoms with Gasteiger partial charge in [0.25, 0.3) is 0 Å². The van der Waals surface area contributed by atoms with Crippen LogP contribution >= 0.6 is 22.9 Å². The van der Waals surface area contributed by atoms with Gasteiger partial charge in [0.15, 0.2) is 0 Å². The molecule has 1 unspecified atom stereocenters. The van der Waals surface area contributed by atoms with Gasteiger partial charge in [-0.25, -0.2) is 4.39 Å². The van der Waals surface area contributed by atoms with Crippen molar-refractivity contribution in [2.75, 3.05) is 6.54 Å². The zero-order valence-electron chi connectivity index (χ0n) is 12.8. The molecule has 114 valence electrons. The van der Waals surface area contributed by atoms with E-state index in [0.717, 1.165) is 12.1 Å². The quantitative estimate of drug-likeness (QED) is 0.778. The molecule has 0 spiro atoms. The van der Waals surface area contributed by atoms with E-state index in [1.165, 1.54) is 15.8 Å². The molecule has 1 N–H and O–H groups in total. The molecule has 0 saturated carbocycles. The lowest BCUT2D eigenvalue weighted by Gasteiger charge is -2.19. The first-order valence-electron chi connectivity index (χ1n) is 7.11. The Morgan fingerprint density at radius 1 is 1.24 bits per heavy atom. The third-order valence-electron chi connectivity index (χ3n) is 3.34. The number of thiophene rings is 1. The summed E-state index contributed by atoms with van der Waals surface area (Å²) < 4.78 is 13.7. The van der Waals surface area contributed by atoms with Crippen molar-refractivity contribution in [3.05, 3.63) is 56.5 Å². The summed E-state index contributed by atoms with van der Waals surface area (Å²) in [6.07, 6.45) is 0. The Morgan fingerprint density at radius 3 is 2.48 bits per heavy atom. The van der Waals surface area contributed by atoms with E-state index < -0.39 is 0 Å². The van der Waals surface area contributed by atoms with Gasteiger partial charge in [-0.2, -0.15) is 0 Å². The topological polar surface area (TPSA) is 12.0 Å². The Balaban J connectivity index is 2.38. The Bertz CT molecular complexity index is 615. The zero-order chi connectivity index (χ0) is 15.6. The molecular formula is C17H21ClFNS. The van der Waals surface area contributed by atoms with Crippen molar-refractivity contribution in [2.45, 2.75) is 39.2 Å². The first-order chi connectivity index (χ1) is 9.82. The monoisotopic (exact) mass is 325 g/mol. The maximum absolute atomic E-state index is 13.7. The average molecular weight is 326 g/mol. The molecule has 4 heteroatoms. The van der Waals surface area contributed by atoms with Crippen LogP contribution in [-0.2, 0) is 5.41 Å². The molecule has 2 aromatic rings. The van der Waals surface area contributed by atoms with Gasteiger partial charge in [-0.1, -0.05) is 45.4 Å². The molecule has 0 bridgehead atoms. The van der Waals surface area contributed by atoms with Crippen LogP contribution in [0, 0.1) is 5.82 Å². The third kappa shape index (κ3) is 3.85. The Kier molecular flexibility index (Phi) is 5.07. The number of nitrogens with one attached hydrogen (secondary N) is 1. The summed E-state index contributed by atoms with van der Waals surface area (Å²) in [7, 11) is 0. The smallest absolute Gasteiger partial charge is 0.142 e. The van der Waals surface area contributed by atoms with Crippen LogP contribution in [0.25, 0.3) is 0 Å². The predicted molar refractivity (Wildman–Crippen MR) is 89.9 cm³/mol. The fourth-order valence-corrected chi connectivity index (χ4v) is 3.48. The number of benzene rings is 1. The van der Waals surface area contributed by atoms with Gasteiger partial charge in [0.1, 0.15) is 5.82 Å². The van der Waals surface area contributed by atoms with Crippen LogP contribution in [0.2, 0.25) is 5.02 Å². The molecule has 2 rings (SSSR count). The summed E-state index contributed by atoms with van der Waals surface area (Å²) in [4.78, 5) is 2.53. The van der Waals surface area contributed by atoms with E-state index in [2.05, 4.69) is 45.1 Å². The van der Waals surface area contributed by atoms with Crippen molar-refractivity contribution >= 4 is 22.9 Å². The standard InChI is InChI=1S/C17H21ClFNS/c1-5-20-16(11-6-7-12(18)13(19)10-11)14-8-9-15(21-14)17(2,3)4/h6-10,16,20H,5H2,1-4H3. The molecule has 1 atom stereocenters. The van der Waals surface area contributed by atoms with Crippen molar-refractivity contribution in [2.24, 2.45) is 0 Å². The first kappa shape index (κ1) is 16.5. The Labute approximate surface area is 135 Å². The van der Waals surface area contributed by atoms with Crippen LogP contribution in [0.3, 0.4) is 0 Å². The van der Waals surface area contributed by atoms with Crippen LogP contribution in [0.15, 0.2) is 30.3 Å². The maximum Gasteiger partial charge on any atom is 0.142 e. The first-order valence-corrected chi connectivity index (χ1v) is 8.31. The highest BCUT2D eigenvalue weighted by atomic mass is 35.5. The SMILES string of the molecule is CCNC(c1ccc(Cl)c(F)c1)c1ccc(C(C)(C)C)s1. The van der Waals surface area contributed by atoms with Crippen LogP contribution < -0.4 is 5.32 Å². The normalized spacial score (nSPS) is 13.4. The van der Waals surface area contributed by atoms with Crippen LogP contribution in [0.5, 0.6) is 0 Å². The summed E-state index contributed by atoms with van der Waals surface area (Å²) in [6, 6.07) is 9.32. The molecule has 0 aliphatic rings. The number of halogens is 2. The fourth-order valence-electron chi connectivity index (χ4n) is 2.19. The van der Waals surface area contributed by atoms with Crippen molar-refractivity contribution in [3.8, 4) is 0 Å². The molecule has 0 saturated heterocycles. The average Bonchev–Trinajstić information content (AvgIpc) is 2.89. The molecule has 1 nitrogen and oxygen atoms in total. The fraction of sp³-hybridized carbons (Fsp3) is 0.412. The maximum atomic E-state index is 13.7. The number of hydrogen-bond donors (Lipinski definition) is 1. The lowest BCUT2D eigenvalue weighted by Crippen LogP contribution is -2.21. The summed E-state index contributed by atoms with van der Waals surface area (Å²) in [5.74, 6) is -0.371. The van der Waals surface area contributed by atoms with Crippen LogP contribution in [0.4, 0.5) is 4.39 Å². The summed E-state index contributed by atoms with van der Waals surface area (Å²) in [5, 5.41) is 3.59. The summed E-state index contributed by atoms with van der Waals surface area (Å²) >= 11 is 7.55. The van der Waals surface area contributed by atoms with Gasteiger partial charge in [0.2, 0.25) is 0 Å². The minimum Gasteiger partial charge on any atom is -0.306 e. The van der Waals surface area contributed by atoms with Crippen molar-refractivity contribution in [1.82, 2.24) is 5.32 Å².